The third-order valence-electron chi connectivity index (χ3n) is 2.63. The lowest BCUT2D eigenvalue weighted by atomic mass is 10.2. The van der Waals surface area contributed by atoms with E-state index in [4.69, 9.17) is 0 Å². The zero-order valence-electron chi connectivity index (χ0n) is 10.9. The monoisotopic (exact) mass is 329 g/mol. The molecule has 0 atom stereocenters. The minimum absolute atomic E-state index is 0.165. The summed E-state index contributed by atoms with van der Waals surface area (Å²) in [6, 6.07) is 7.27. The SMILES string of the molecule is O=[N+]([O-])c1ccc(F)cc1OS(=O)(=O)Cc1ccccc1F. The van der Waals surface area contributed by atoms with E-state index in [0.717, 1.165) is 18.2 Å². The van der Waals surface area contributed by atoms with Gasteiger partial charge in [-0.15, -0.1) is 0 Å². The van der Waals surface area contributed by atoms with Crippen molar-refractivity contribution in [3.8, 4) is 5.75 Å². The highest BCUT2D eigenvalue weighted by molar-refractivity contribution is 7.86. The number of nitro benzene ring substituents is 1. The molecule has 22 heavy (non-hydrogen) atoms. The number of benzene rings is 2. The van der Waals surface area contributed by atoms with Crippen molar-refractivity contribution in [2.75, 3.05) is 0 Å². The predicted octanol–water partition coefficient (Wildman–Crippen LogP) is 2.78. The van der Waals surface area contributed by atoms with Crippen LogP contribution in [0.3, 0.4) is 0 Å². The van der Waals surface area contributed by atoms with Gasteiger partial charge in [-0.05, 0) is 12.1 Å². The lowest BCUT2D eigenvalue weighted by Crippen LogP contribution is -2.14. The number of halogens is 2. The maximum Gasteiger partial charge on any atom is 0.313 e. The van der Waals surface area contributed by atoms with Crippen LogP contribution >= 0.6 is 0 Å². The second-order valence-electron chi connectivity index (χ2n) is 4.25. The van der Waals surface area contributed by atoms with Gasteiger partial charge in [-0.25, -0.2) is 8.78 Å². The molecule has 0 heterocycles. The summed E-state index contributed by atoms with van der Waals surface area (Å²) in [5, 5.41) is 10.8. The molecule has 6 nitrogen and oxygen atoms in total. The Morgan fingerprint density at radius 3 is 2.45 bits per heavy atom. The molecule has 0 amide bonds. The largest absolute Gasteiger partial charge is 0.375 e. The van der Waals surface area contributed by atoms with E-state index in [1.807, 2.05) is 0 Å². The lowest BCUT2D eigenvalue weighted by Gasteiger charge is -2.08. The van der Waals surface area contributed by atoms with Gasteiger partial charge in [0.15, 0.2) is 0 Å². The number of rotatable bonds is 5. The van der Waals surface area contributed by atoms with Crippen molar-refractivity contribution < 1.29 is 26.3 Å². The Morgan fingerprint density at radius 1 is 1.14 bits per heavy atom. The van der Waals surface area contributed by atoms with Gasteiger partial charge in [0.1, 0.15) is 17.4 Å². The van der Waals surface area contributed by atoms with Gasteiger partial charge in [-0.1, -0.05) is 18.2 Å². The molecule has 116 valence electrons. The van der Waals surface area contributed by atoms with Gasteiger partial charge in [-0.2, -0.15) is 8.42 Å². The van der Waals surface area contributed by atoms with E-state index in [-0.39, 0.29) is 5.56 Å². The summed E-state index contributed by atoms with van der Waals surface area (Å²) in [6.45, 7) is 0. The minimum Gasteiger partial charge on any atom is -0.375 e. The molecule has 0 aromatic heterocycles. The first kappa shape index (κ1) is 15.8. The molecule has 2 rings (SSSR count). The van der Waals surface area contributed by atoms with E-state index < -0.39 is 43.9 Å². The lowest BCUT2D eigenvalue weighted by molar-refractivity contribution is -0.385. The van der Waals surface area contributed by atoms with Gasteiger partial charge in [0, 0.05) is 17.7 Å². The first-order valence-corrected chi connectivity index (χ1v) is 7.46. The molecule has 0 aliphatic heterocycles. The molecule has 0 aliphatic carbocycles. The van der Waals surface area contributed by atoms with Crippen molar-refractivity contribution in [1.29, 1.82) is 0 Å². The highest BCUT2D eigenvalue weighted by Crippen LogP contribution is 2.29. The molecule has 0 spiro atoms. The van der Waals surface area contributed by atoms with Gasteiger partial charge in [-0.3, -0.25) is 10.1 Å². The zero-order valence-corrected chi connectivity index (χ0v) is 11.7. The Labute approximate surface area is 124 Å². The van der Waals surface area contributed by atoms with Crippen LogP contribution in [-0.2, 0) is 15.9 Å². The Kier molecular flexibility index (Phi) is 4.36. The van der Waals surface area contributed by atoms with Crippen LogP contribution in [0.25, 0.3) is 0 Å². The number of hydrogen-bond acceptors (Lipinski definition) is 5. The van der Waals surface area contributed by atoms with Gasteiger partial charge < -0.3 is 4.18 Å². The third-order valence-corrected chi connectivity index (χ3v) is 3.72. The van der Waals surface area contributed by atoms with Crippen molar-refractivity contribution in [1.82, 2.24) is 0 Å². The molecule has 0 aliphatic rings. The molecule has 2 aromatic rings. The summed E-state index contributed by atoms with van der Waals surface area (Å²) in [6.07, 6.45) is 0. The fraction of sp³-hybridized carbons (Fsp3) is 0.0769. The molecule has 0 bridgehead atoms. The first-order valence-electron chi connectivity index (χ1n) is 5.88. The minimum atomic E-state index is -4.39. The van der Waals surface area contributed by atoms with Crippen LogP contribution in [0.1, 0.15) is 5.56 Å². The number of nitro groups is 1. The number of hydrogen-bond donors (Lipinski definition) is 0. The second-order valence-corrected chi connectivity index (χ2v) is 5.82. The summed E-state index contributed by atoms with van der Waals surface area (Å²) in [4.78, 5) is 9.87. The molecule has 0 saturated heterocycles. The van der Waals surface area contributed by atoms with Crippen molar-refractivity contribution in [3.05, 3.63) is 69.8 Å². The fourth-order valence-corrected chi connectivity index (χ4v) is 2.76. The van der Waals surface area contributed by atoms with Crippen molar-refractivity contribution in [2.24, 2.45) is 0 Å². The summed E-state index contributed by atoms with van der Waals surface area (Å²) in [5.74, 6) is -3.26. The van der Waals surface area contributed by atoms with Crippen LogP contribution < -0.4 is 4.18 Å². The molecule has 0 unspecified atom stereocenters. The smallest absolute Gasteiger partial charge is 0.313 e. The summed E-state index contributed by atoms with van der Waals surface area (Å²) < 4.78 is 54.9. The highest BCUT2D eigenvalue weighted by Gasteiger charge is 2.23. The summed E-state index contributed by atoms with van der Waals surface area (Å²) in [7, 11) is -4.39. The van der Waals surface area contributed by atoms with Crippen LogP contribution in [0.5, 0.6) is 5.75 Å². The maximum absolute atomic E-state index is 13.4. The maximum atomic E-state index is 13.4. The Morgan fingerprint density at radius 2 is 1.82 bits per heavy atom. The zero-order chi connectivity index (χ0) is 16.3. The highest BCUT2D eigenvalue weighted by atomic mass is 32.2. The molecule has 9 heteroatoms. The van der Waals surface area contributed by atoms with Gasteiger partial charge >= 0.3 is 15.8 Å². The molecule has 0 fully saturated rings. The van der Waals surface area contributed by atoms with E-state index in [0.29, 0.717) is 6.07 Å². The van der Waals surface area contributed by atoms with Gasteiger partial charge in [0.25, 0.3) is 0 Å². The quantitative estimate of drug-likeness (QED) is 0.478. The van der Waals surface area contributed by atoms with Gasteiger partial charge in [0.2, 0.25) is 5.75 Å². The normalized spacial score (nSPS) is 11.2. The Hall–Kier alpha value is -2.55. The number of nitrogens with zero attached hydrogens (tertiary/aromatic N) is 1. The molecular formula is C13H9F2NO5S. The average molecular weight is 329 g/mol. The molecule has 0 N–H and O–H groups in total. The second kappa shape index (κ2) is 6.06. The van der Waals surface area contributed by atoms with Crippen molar-refractivity contribution in [3.63, 3.8) is 0 Å². The topological polar surface area (TPSA) is 86.5 Å². The standard InChI is InChI=1S/C13H9F2NO5S/c14-10-5-6-12(16(17)18)13(7-10)21-22(19,20)8-9-3-1-2-4-11(9)15/h1-7H,8H2. The van der Waals surface area contributed by atoms with E-state index in [1.54, 1.807) is 0 Å². The Balaban J connectivity index is 2.32. The van der Waals surface area contributed by atoms with Crippen LogP contribution in [0.15, 0.2) is 42.5 Å². The molecular weight excluding hydrogens is 320 g/mol. The van der Waals surface area contributed by atoms with E-state index >= 15 is 0 Å². The van der Waals surface area contributed by atoms with Crippen molar-refractivity contribution in [2.45, 2.75) is 5.75 Å². The van der Waals surface area contributed by atoms with E-state index in [2.05, 4.69) is 4.18 Å². The Bertz CT molecular complexity index is 823. The molecule has 2 aromatic carbocycles. The van der Waals surface area contributed by atoms with E-state index in [1.165, 1.54) is 18.2 Å². The van der Waals surface area contributed by atoms with Crippen LogP contribution in [-0.4, -0.2) is 13.3 Å². The summed E-state index contributed by atoms with van der Waals surface area (Å²) >= 11 is 0. The van der Waals surface area contributed by atoms with Crippen molar-refractivity contribution >= 4 is 15.8 Å². The average Bonchev–Trinajstić information content (AvgIpc) is 2.40. The third kappa shape index (κ3) is 3.76. The van der Waals surface area contributed by atoms with Crippen LogP contribution in [0.4, 0.5) is 14.5 Å². The predicted molar refractivity (Wildman–Crippen MR) is 72.7 cm³/mol. The van der Waals surface area contributed by atoms with E-state index in [9.17, 15) is 27.3 Å². The molecule has 0 radical (unpaired) electrons. The van der Waals surface area contributed by atoms with Crippen LogP contribution in [0.2, 0.25) is 0 Å². The fourth-order valence-electron chi connectivity index (χ4n) is 1.68. The van der Waals surface area contributed by atoms with Gasteiger partial charge in [0.05, 0.1) is 4.92 Å². The first-order chi connectivity index (χ1) is 10.3. The summed E-state index contributed by atoms with van der Waals surface area (Å²) in [5.41, 5.74) is -0.875. The van der Waals surface area contributed by atoms with Crippen LogP contribution in [0, 0.1) is 21.7 Å². The molecule has 0 saturated carbocycles.